The number of nitrogens with one attached hydrogen (secondary N) is 2. The Bertz CT molecular complexity index is 1520. The number of alkyl carbamates (subject to hydrolysis) is 1. The number of carbonyl (C=O) groups excluding carboxylic acids is 2. The molecule has 234 valence electrons. The van der Waals surface area contributed by atoms with Gasteiger partial charge in [0, 0.05) is 59.2 Å². The molecular formula is C32H35Cl2N3O7. The maximum atomic E-state index is 13.5. The molecule has 1 aromatic heterocycles. The summed E-state index contributed by atoms with van der Waals surface area (Å²) >= 11 is 12.3. The van der Waals surface area contributed by atoms with Gasteiger partial charge in [0.05, 0.1) is 25.4 Å². The first kappa shape index (κ1) is 31.7. The SMILES string of the molecule is COCCOC(=O)NCC(O)CCOC1=CCC(C2c3[nH]c4ccc(Cl)cc4c3CCN2C(=O)Oc2ccc(Cl)cc2)C=C1. The Balaban J connectivity index is 1.23. The fraction of sp³-hybridized carbons (Fsp3) is 0.375. The lowest BCUT2D eigenvalue weighted by molar-refractivity contribution is 0.0880. The lowest BCUT2D eigenvalue weighted by atomic mass is 9.84. The number of hydrogen-bond donors (Lipinski definition) is 3. The number of aliphatic hydroxyl groups is 1. The first-order chi connectivity index (χ1) is 21.3. The molecule has 0 fully saturated rings. The number of benzene rings is 2. The molecule has 3 N–H and O–H groups in total. The highest BCUT2D eigenvalue weighted by atomic mass is 35.5. The largest absolute Gasteiger partial charge is 0.494 e. The van der Waals surface area contributed by atoms with Gasteiger partial charge in [0.1, 0.15) is 18.1 Å². The molecule has 0 radical (unpaired) electrons. The molecule has 10 nitrogen and oxygen atoms in total. The molecule has 0 spiro atoms. The van der Waals surface area contributed by atoms with E-state index in [4.69, 9.17) is 42.1 Å². The van der Waals surface area contributed by atoms with Crippen LogP contribution in [0.4, 0.5) is 9.59 Å². The number of hydrogen-bond acceptors (Lipinski definition) is 7. The van der Waals surface area contributed by atoms with Crippen LogP contribution in [0, 0.1) is 5.92 Å². The molecule has 0 saturated carbocycles. The number of amides is 2. The van der Waals surface area contributed by atoms with Crippen molar-refractivity contribution in [1.82, 2.24) is 15.2 Å². The first-order valence-corrected chi connectivity index (χ1v) is 15.2. The molecule has 44 heavy (non-hydrogen) atoms. The Labute approximate surface area is 265 Å². The number of aromatic nitrogens is 1. The molecule has 0 bridgehead atoms. The second kappa shape index (κ2) is 14.9. The monoisotopic (exact) mass is 643 g/mol. The van der Waals surface area contributed by atoms with E-state index < -0.39 is 18.3 Å². The summed E-state index contributed by atoms with van der Waals surface area (Å²) in [6.07, 6.45) is 5.68. The summed E-state index contributed by atoms with van der Waals surface area (Å²) in [6.45, 7) is 1.23. The van der Waals surface area contributed by atoms with Crippen molar-refractivity contribution in [1.29, 1.82) is 0 Å². The van der Waals surface area contributed by atoms with Crippen molar-refractivity contribution < 1.29 is 33.6 Å². The van der Waals surface area contributed by atoms with Gasteiger partial charge in [-0.2, -0.15) is 0 Å². The van der Waals surface area contributed by atoms with Crippen molar-refractivity contribution in [3.8, 4) is 5.75 Å². The molecule has 2 amide bonds. The van der Waals surface area contributed by atoms with Crippen LogP contribution in [0.1, 0.15) is 30.1 Å². The summed E-state index contributed by atoms with van der Waals surface area (Å²) in [4.78, 5) is 30.5. The van der Waals surface area contributed by atoms with Crippen LogP contribution in [-0.4, -0.2) is 73.3 Å². The maximum Gasteiger partial charge on any atom is 0.415 e. The Hall–Kier alpha value is -3.70. The van der Waals surface area contributed by atoms with E-state index in [0.29, 0.717) is 54.0 Å². The fourth-order valence-corrected chi connectivity index (χ4v) is 5.74. The van der Waals surface area contributed by atoms with Crippen molar-refractivity contribution in [2.45, 2.75) is 31.4 Å². The molecule has 2 heterocycles. The summed E-state index contributed by atoms with van der Waals surface area (Å²) in [5, 5.41) is 15.0. The van der Waals surface area contributed by atoms with E-state index in [1.165, 1.54) is 7.11 Å². The van der Waals surface area contributed by atoms with Crippen LogP contribution in [0.25, 0.3) is 10.9 Å². The normalized spacial score (nSPS) is 18.4. The smallest absolute Gasteiger partial charge is 0.415 e. The molecule has 3 aromatic rings. The van der Waals surface area contributed by atoms with E-state index in [0.717, 1.165) is 22.2 Å². The Morgan fingerprint density at radius 1 is 1.11 bits per heavy atom. The number of rotatable bonds is 11. The quantitative estimate of drug-likeness (QED) is 0.213. The molecule has 3 atom stereocenters. The van der Waals surface area contributed by atoms with E-state index in [-0.39, 0.29) is 31.7 Å². The number of aliphatic hydroxyl groups excluding tert-OH is 1. The average molecular weight is 645 g/mol. The van der Waals surface area contributed by atoms with Gasteiger partial charge in [0.25, 0.3) is 0 Å². The van der Waals surface area contributed by atoms with Gasteiger partial charge in [0.2, 0.25) is 0 Å². The number of methoxy groups -OCH3 is 1. The third-order valence-electron chi connectivity index (χ3n) is 7.62. The van der Waals surface area contributed by atoms with Crippen molar-refractivity contribution in [3.63, 3.8) is 0 Å². The number of nitrogens with zero attached hydrogens (tertiary/aromatic N) is 1. The zero-order valence-corrected chi connectivity index (χ0v) is 25.8. The Kier molecular flexibility index (Phi) is 10.7. The number of allylic oxidation sites excluding steroid dienone is 2. The summed E-state index contributed by atoms with van der Waals surface area (Å²) in [5.41, 5.74) is 3.07. The van der Waals surface area contributed by atoms with Crippen LogP contribution in [0.3, 0.4) is 0 Å². The molecule has 1 aliphatic carbocycles. The third kappa shape index (κ3) is 7.87. The lowest BCUT2D eigenvalue weighted by Gasteiger charge is -2.39. The van der Waals surface area contributed by atoms with Gasteiger partial charge in [-0.1, -0.05) is 29.3 Å². The van der Waals surface area contributed by atoms with Gasteiger partial charge in [-0.05, 0) is 73.0 Å². The number of ether oxygens (including phenoxy) is 4. The standard InChI is InChI=1S/C32H35Cl2N3O7/c1-41-16-17-43-31(39)35-19-23(38)13-15-42-24-7-2-20(3-8-24)30-29-26(27-18-22(34)6-11-28(27)36-29)12-14-37(30)32(40)44-25-9-4-21(33)5-10-25/h2,4-11,18,20,23,30,36,38H,3,12-17,19H2,1H3,(H,35,39). The predicted molar refractivity (Wildman–Crippen MR) is 167 cm³/mol. The summed E-state index contributed by atoms with van der Waals surface area (Å²) in [7, 11) is 1.52. The minimum Gasteiger partial charge on any atom is -0.494 e. The number of aromatic amines is 1. The van der Waals surface area contributed by atoms with E-state index in [2.05, 4.69) is 10.3 Å². The van der Waals surface area contributed by atoms with Crippen LogP contribution in [0.15, 0.2) is 66.5 Å². The van der Waals surface area contributed by atoms with Crippen molar-refractivity contribution in [2.75, 3.05) is 40.0 Å². The van der Waals surface area contributed by atoms with Crippen molar-refractivity contribution in [2.24, 2.45) is 5.92 Å². The Morgan fingerprint density at radius 3 is 2.66 bits per heavy atom. The van der Waals surface area contributed by atoms with Crippen molar-refractivity contribution >= 4 is 46.3 Å². The van der Waals surface area contributed by atoms with Crippen LogP contribution >= 0.6 is 23.2 Å². The molecule has 0 saturated heterocycles. The second-order valence-electron chi connectivity index (χ2n) is 10.6. The zero-order valence-electron chi connectivity index (χ0n) is 24.3. The summed E-state index contributed by atoms with van der Waals surface area (Å²) in [6, 6.07) is 12.2. The summed E-state index contributed by atoms with van der Waals surface area (Å²) in [5.74, 6) is 1.04. The molecule has 1 aliphatic heterocycles. The highest BCUT2D eigenvalue weighted by Crippen LogP contribution is 2.42. The van der Waals surface area contributed by atoms with Gasteiger partial charge in [0.15, 0.2) is 0 Å². The first-order valence-electron chi connectivity index (χ1n) is 14.4. The van der Waals surface area contributed by atoms with E-state index >= 15 is 0 Å². The number of halogens is 2. The fourth-order valence-electron chi connectivity index (χ4n) is 5.45. The summed E-state index contributed by atoms with van der Waals surface area (Å²) < 4.78 is 21.4. The van der Waals surface area contributed by atoms with Crippen LogP contribution in [0.5, 0.6) is 5.75 Å². The number of carbonyl (C=O) groups is 2. The van der Waals surface area contributed by atoms with Crippen LogP contribution in [0.2, 0.25) is 10.0 Å². The zero-order chi connectivity index (χ0) is 31.1. The molecule has 2 aliphatic rings. The van der Waals surface area contributed by atoms with Crippen LogP contribution < -0.4 is 10.1 Å². The lowest BCUT2D eigenvalue weighted by Crippen LogP contribution is -2.44. The van der Waals surface area contributed by atoms with Crippen molar-refractivity contribution in [3.05, 3.63) is 87.8 Å². The molecular weight excluding hydrogens is 609 g/mol. The number of fused-ring (bicyclic) bond motifs is 3. The minimum absolute atomic E-state index is 0.0494. The van der Waals surface area contributed by atoms with Gasteiger partial charge in [-0.3, -0.25) is 4.90 Å². The van der Waals surface area contributed by atoms with E-state index in [1.54, 1.807) is 29.2 Å². The van der Waals surface area contributed by atoms with Gasteiger partial charge in [-0.25, -0.2) is 9.59 Å². The molecule has 2 aromatic carbocycles. The molecule has 12 heteroatoms. The topological polar surface area (TPSA) is 122 Å². The minimum atomic E-state index is -0.790. The predicted octanol–water partition coefficient (Wildman–Crippen LogP) is 6.17. The maximum absolute atomic E-state index is 13.5. The van der Waals surface area contributed by atoms with E-state index in [9.17, 15) is 14.7 Å². The van der Waals surface area contributed by atoms with Crippen LogP contribution in [-0.2, 0) is 20.6 Å². The average Bonchev–Trinajstić information content (AvgIpc) is 3.39. The number of H-pyrrole nitrogens is 1. The van der Waals surface area contributed by atoms with Gasteiger partial charge < -0.3 is 34.4 Å². The second-order valence-corrected chi connectivity index (χ2v) is 11.5. The Morgan fingerprint density at radius 2 is 1.91 bits per heavy atom. The van der Waals surface area contributed by atoms with E-state index in [1.807, 2.05) is 36.4 Å². The third-order valence-corrected chi connectivity index (χ3v) is 8.10. The highest BCUT2D eigenvalue weighted by molar-refractivity contribution is 6.31. The van der Waals surface area contributed by atoms with Gasteiger partial charge >= 0.3 is 12.2 Å². The van der Waals surface area contributed by atoms with Gasteiger partial charge in [-0.15, -0.1) is 0 Å². The molecule has 3 unspecified atom stereocenters. The highest BCUT2D eigenvalue weighted by Gasteiger charge is 2.39. The molecule has 5 rings (SSSR count).